The number of hydrogen-bond donors (Lipinski definition) is 0. The van der Waals surface area contributed by atoms with Gasteiger partial charge in [0.2, 0.25) is 0 Å². The van der Waals surface area contributed by atoms with Crippen LogP contribution in [0.2, 0.25) is 0 Å². The molecule has 2 nitrogen and oxygen atoms in total. The molecule has 0 aromatic heterocycles. The normalized spacial score (nSPS) is 29.0. The molecule has 0 radical (unpaired) electrons. The molecule has 3 saturated carbocycles. The predicted molar refractivity (Wildman–Crippen MR) is 136 cm³/mol. The smallest absolute Gasteiger partial charge is 0.312 e. The fourth-order valence-electron chi connectivity index (χ4n) is 7.86. The van der Waals surface area contributed by atoms with Gasteiger partial charge in [0, 0.05) is 0 Å². The zero-order valence-corrected chi connectivity index (χ0v) is 21.7. The lowest BCUT2D eigenvalue weighted by Gasteiger charge is -2.55. The molecule has 3 aliphatic carbocycles. The van der Waals surface area contributed by atoms with Gasteiger partial charge in [-0.1, -0.05) is 104 Å². The Balaban J connectivity index is 1.75. The fourth-order valence-corrected chi connectivity index (χ4v) is 7.86. The summed E-state index contributed by atoms with van der Waals surface area (Å²) in [7, 11) is 0. The summed E-state index contributed by atoms with van der Waals surface area (Å²) in [6.45, 7) is 5.13. The average Bonchev–Trinajstić information content (AvgIpc) is 2.85. The molecule has 0 N–H and O–H groups in total. The molecule has 0 bridgehead atoms. The van der Waals surface area contributed by atoms with Crippen molar-refractivity contribution in [2.45, 2.75) is 155 Å². The number of ether oxygens (including phenoxy) is 1. The Morgan fingerprint density at radius 2 is 1.28 bits per heavy atom. The van der Waals surface area contributed by atoms with Crippen LogP contribution in [0.5, 0.6) is 0 Å². The third kappa shape index (κ3) is 6.32. The lowest BCUT2D eigenvalue weighted by atomic mass is 9.49. The standard InChI is InChI=1S/C30H54O2/c1-3-5-7-8-13-20-29(23-18-27(19-24-29)26-16-11-9-12-17-26)30(21-14-10-15-22-30)28(31)32-25-6-4-2/h26-27H,3-25H2,1-2H3/t27-,29+. The Labute approximate surface area is 200 Å². The topological polar surface area (TPSA) is 26.3 Å². The Hall–Kier alpha value is -0.530. The number of hydrogen-bond acceptors (Lipinski definition) is 2. The molecular formula is C30H54O2. The highest BCUT2D eigenvalue weighted by atomic mass is 16.5. The minimum Gasteiger partial charge on any atom is -0.465 e. The monoisotopic (exact) mass is 446 g/mol. The summed E-state index contributed by atoms with van der Waals surface area (Å²) in [6.07, 6.45) is 28.7. The van der Waals surface area contributed by atoms with Crippen molar-refractivity contribution in [3.8, 4) is 0 Å². The van der Waals surface area contributed by atoms with Gasteiger partial charge in [-0.25, -0.2) is 0 Å². The summed E-state index contributed by atoms with van der Waals surface area (Å²) < 4.78 is 6.05. The summed E-state index contributed by atoms with van der Waals surface area (Å²) in [4.78, 5) is 13.8. The Kier molecular flexibility index (Phi) is 10.9. The van der Waals surface area contributed by atoms with Crippen LogP contribution < -0.4 is 0 Å². The molecule has 0 spiro atoms. The van der Waals surface area contributed by atoms with E-state index in [4.69, 9.17) is 4.74 Å². The molecule has 3 fully saturated rings. The molecule has 0 saturated heterocycles. The molecule has 32 heavy (non-hydrogen) atoms. The number of esters is 1. The van der Waals surface area contributed by atoms with Gasteiger partial charge >= 0.3 is 5.97 Å². The van der Waals surface area contributed by atoms with Crippen LogP contribution in [-0.2, 0) is 9.53 Å². The van der Waals surface area contributed by atoms with Crippen molar-refractivity contribution >= 4 is 5.97 Å². The summed E-state index contributed by atoms with van der Waals surface area (Å²) in [5.41, 5.74) is 0.0371. The number of rotatable bonds is 12. The molecule has 0 aromatic carbocycles. The minimum absolute atomic E-state index is 0.179. The summed E-state index contributed by atoms with van der Waals surface area (Å²) in [5, 5.41) is 0. The minimum atomic E-state index is -0.179. The summed E-state index contributed by atoms with van der Waals surface area (Å²) >= 11 is 0. The van der Waals surface area contributed by atoms with Crippen molar-refractivity contribution < 1.29 is 9.53 Å². The predicted octanol–water partition coefficient (Wildman–Crippen LogP) is 9.40. The van der Waals surface area contributed by atoms with Gasteiger partial charge in [0.05, 0.1) is 12.0 Å². The number of carbonyl (C=O) groups is 1. The Morgan fingerprint density at radius 3 is 1.94 bits per heavy atom. The van der Waals surface area contributed by atoms with Gasteiger partial charge in [0.1, 0.15) is 0 Å². The SMILES string of the molecule is CCCCCCC[C@]1(C2(C(=O)OCCCC)CCCCC2)CC[C@@H](C2CCCCC2)CC1. The van der Waals surface area contributed by atoms with Crippen LogP contribution >= 0.6 is 0 Å². The maximum Gasteiger partial charge on any atom is 0.312 e. The first kappa shape index (κ1) is 26.1. The van der Waals surface area contributed by atoms with Crippen molar-refractivity contribution in [3.63, 3.8) is 0 Å². The number of carbonyl (C=O) groups excluding carboxylic acids is 1. The zero-order valence-electron chi connectivity index (χ0n) is 21.7. The Bertz CT molecular complexity index is 519. The highest BCUT2D eigenvalue weighted by Gasteiger charge is 2.57. The highest BCUT2D eigenvalue weighted by Crippen LogP contribution is 2.61. The van der Waals surface area contributed by atoms with Gasteiger partial charge in [-0.05, 0) is 68.6 Å². The maximum atomic E-state index is 13.8. The second-order valence-electron chi connectivity index (χ2n) is 11.8. The van der Waals surface area contributed by atoms with E-state index < -0.39 is 0 Å². The van der Waals surface area contributed by atoms with Crippen molar-refractivity contribution in [3.05, 3.63) is 0 Å². The maximum absolute atomic E-state index is 13.8. The van der Waals surface area contributed by atoms with Gasteiger partial charge in [0.25, 0.3) is 0 Å². The Morgan fingerprint density at radius 1 is 0.688 bits per heavy atom. The molecule has 186 valence electrons. The van der Waals surface area contributed by atoms with Gasteiger partial charge in [0.15, 0.2) is 0 Å². The molecule has 0 aliphatic heterocycles. The van der Waals surface area contributed by atoms with Gasteiger partial charge in [-0.3, -0.25) is 4.79 Å². The van der Waals surface area contributed by atoms with Crippen LogP contribution in [0.4, 0.5) is 0 Å². The van der Waals surface area contributed by atoms with Crippen molar-refractivity contribution in [2.75, 3.05) is 6.61 Å². The molecule has 0 heterocycles. The first-order valence-corrected chi connectivity index (χ1v) is 14.8. The van der Waals surface area contributed by atoms with E-state index in [9.17, 15) is 4.79 Å². The van der Waals surface area contributed by atoms with Crippen molar-refractivity contribution in [1.29, 1.82) is 0 Å². The zero-order chi connectivity index (χ0) is 22.7. The summed E-state index contributed by atoms with van der Waals surface area (Å²) in [5.74, 6) is 2.11. The van der Waals surface area contributed by atoms with E-state index in [1.807, 2.05) is 0 Å². The van der Waals surface area contributed by atoms with Crippen LogP contribution in [0, 0.1) is 22.7 Å². The highest BCUT2D eigenvalue weighted by molar-refractivity contribution is 5.78. The first-order valence-electron chi connectivity index (χ1n) is 14.8. The second kappa shape index (κ2) is 13.4. The van der Waals surface area contributed by atoms with Crippen LogP contribution in [0.15, 0.2) is 0 Å². The van der Waals surface area contributed by atoms with Crippen LogP contribution in [0.3, 0.4) is 0 Å². The lowest BCUT2D eigenvalue weighted by molar-refractivity contribution is -0.175. The van der Waals surface area contributed by atoms with E-state index in [0.29, 0.717) is 6.61 Å². The van der Waals surface area contributed by atoms with Crippen molar-refractivity contribution in [1.82, 2.24) is 0 Å². The molecule has 0 aromatic rings. The quantitative estimate of drug-likeness (QED) is 0.220. The van der Waals surface area contributed by atoms with E-state index in [0.717, 1.165) is 37.5 Å². The van der Waals surface area contributed by atoms with E-state index >= 15 is 0 Å². The first-order chi connectivity index (χ1) is 15.7. The van der Waals surface area contributed by atoms with Crippen LogP contribution in [0.25, 0.3) is 0 Å². The molecule has 0 amide bonds. The second-order valence-corrected chi connectivity index (χ2v) is 11.8. The molecule has 0 atom stereocenters. The third-order valence-electron chi connectivity index (χ3n) is 9.91. The van der Waals surface area contributed by atoms with E-state index in [1.54, 1.807) is 0 Å². The molecular weight excluding hydrogens is 392 g/mol. The van der Waals surface area contributed by atoms with Crippen molar-refractivity contribution in [2.24, 2.45) is 22.7 Å². The number of unbranched alkanes of at least 4 members (excludes halogenated alkanes) is 5. The third-order valence-corrected chi connectivity index (χ3v) is 9.91. The van der Waals surface area contributed by atoms with Gasteiger partial charge in [-0.15, -0.1) is 0 Å². The van der Waals surface area contributed by atoms with E-state index in [2.05, 4.69) is 13.8 Å². The van der Waals surface area contributed by atoms with Crippen LogP contribution in [-0.4, -0.2) is 12.6 Å². The molecule has 3 rings (SSSR count). The fraction of sp³-hybridized carbons (Fsp3) is 0.967. The van der Waals surface area contributed by atoms with E-state index in [1.165, 1.54) is 116 Å². The van der Waals surface area contributed by atoms with E-state index in [-0.39, 0.29) is 16.8 Å². The molecule has 2 heteroatoms. The summed E-state index contributed by atoms with van der Waals surface area (Å²) in [6, 6.07) is 0. The molecule has 3 aliphatic rings. The largest absolute Gasteiger partial charge is 0.465 e. The van der Waals surface area contributed by atoms with Crippen LogP contribution in [0.1, 0.15) is 155 Å². The van der Waals surface area contributed by atoms with Gasteiger partial charge < -0.3 is 4.74 Å². The molecule has 0 unspecified atom stereocenters. The average molecular weight is 447 g/mol. The lowest BCUT2D eigenvalue weighted by Crippen LogP contribution is -2.52. The van der Waals surface area contributed by atoms with Gasteiger partial charge in [-0.2, -0.15) is 0 Å².